The van der Waals surface area contributed by atoms with Crippen LogP contribution in [0.4, 0.5) is 0 Å². The standard InChI is InChI=1S/C10H15NO4/c1-6(2)10(14,5-11)8-4-3-7(15-8)9(12)13/h3-4,6,14H,5,11H2,1-2H3,(H,12,13). The van der Waals surface area contributed by atoms with Gasteiger partial charge in [0.15, 0.2) is 0 Å². The maximum atomic E-state index is 10.6. The van der Waals surface area contributed by atoms with E-state index < -0.39 is 11.6 Å². The molecule has 0 fully saturated rings. The smallest absolute Gasteiger partial charge is 0.371 e. The second kappa shape index (κ2) is 4.04. The average Bonchev–Trinajstić information content (AvgIpc) is 2.65. The number of hydrogen-bond acceptors (Lipinski definition) is 4. The Hall–Kier alpha value is -1.33. The fraction of sp³-hybridized carbons (Fsp3) is 0.500. The van der Waals surface area contributed by atoms with Crippen LogP contribution in [-0.4, -0.2) is 22.7 Å². The van der Waals surface area contributed by atoms with Crippen LogP contribution in [0.2, 0.25) is 0 Å². The number of aliphatic hydroxyl groups is 1. The van der Waals surface area contributed by atoms with Gasteiger partial charge in [-0.05, 0) is 18.1 Å². The van der Waals surface area contributed by atoms with E-state index in [-0.39, 0.29) is 24.0 Å². The van der Waals surface area contributed by atoms with Crippen LogP contribution in [0.3, 0.4) is 0 Å². The minimum absolute atomic E-state index is 0.0166. The summed E-state index contributed by atoms with van der Waals surface area (Å²) in [4.78, 5) is 10.6. The first-order valence-corrected chi connectivity index (χ1v) is 4.68. The summed E-state index contributed by atoms with van der Waals surface area (Å²) in [7, 11) is 0. The molecule has 1 atom stereocenters. The predicted molar refractivity (Wildman–Crippen MR) is 53.5 cm³/mol. The zero-order valence-corrected chi connectivity index (χ0v) is 8.73. The highest BCUT2D eigenvalue weighted by atomic mass is 16.4. The molecular formula is C10H15NO4. The number of carboxylic acids is 1. The van der Waals surface area contributed by atoms with E-state index in [1.54, 1.807) is 13.8 Å². The monoisotopic (exact) mass is 213 g/mol. The molecule has 5 heteroatoms. The highest BCUT2D eigenvalue weighted by molar-refractivity contribution is 5.84. The van der Waals surface area contributed by atoms with Gasteiger partial charge in [0.2, 0.25) is 5.76 Å². The lowest BCUT2D eigenvalue weighted by atomic mass is 9.88. The van der Waals surface area contributed by atoms with Crippen molar-refractivity contribution in [2.24, 2.45) is 11.7 Å². The van der Waals surface area contributed by atoms with E-state index in [4.69, 9.17) is 15.3 Å². The van der Waals surface area contributed by atoms with Gasteiger partial charge < -0.3 is 20.4 Å². The number of rotatable bonds is 4. The minimum atomic E-state index is -1.31. The Labute approximate surface area is 87.5 Å². The number of carboxylic acid groups (broad SMARTS) is 1. The molecule has 0 amide bonds. The first kappa shape index (κ1) is 11.7. The average molecular weight is 213 g/mol. The quantitative estimate of drug-likeness (QED) is 0.686. The Morgan fingerprint density at radius 2 is 2.20 bits per heavy atom. The van der Waals surface area contributed by atoms with Crippen LogP contribution in [0.15, 0.2) is 16.5 Å². The van der Waals surface area contributed by atoms with Gasteiger partial charge in [0, 0.05) is 6.54 Å². The Balaban J connectivity index is 3.08. The highest BCUT2D eigenvalue weighted by Crippen LogP contribution is 2.29. The van der Waals surface area contributed by atoms with E-state index in [0.717, 1.165) is 0 Å². The SMILES string of the molecule is CC(C)C(O)(CN)c1ccc(C(=O)O)o1. The maximum Gasteiger partial charge on any atom is 0.371 e. The van der Waals surface area contributed by atoms with Crippen LogP contribution in [0, 0.1) is 5.92 Å². The molecule has 0 aliphatic carbocycles. The summed E-state index contributed by atoms with van der Waals surface area (Å²) >= 11 is 0. The van der Waals surface area contributed by atoms with Gasteiger partial charge in [0.1, 0.15) is 11.4 Å². The third kappa shape index (κ3) is 2.03. The van der Waals surface area contributed by atoms with Crippen LogP contribution in [0.5, 0.6) is 0 Å². The summed E-state index contributed by atoms with van der Waals surface area (Å²) < 4.78 is 5.03. The zero-order valence-electron chi connectivity index (χ0n) is 8.73. The number of carbonyl (C=O) groups is 1. The topological polar surface area (TPSA) is 96.7 Å². The molecule has 0 aromatic carbocycles. The number of nitrogens with two attached hydrogens (primary N) is 1. The first-order chi connectivity index (χ1) is 6.91. The Kier molecular flexibility index (Phi) is 3.16. The van der Waals surface area contributed by atoms with Gasteiger partial charge in [-0.25, -0.2) is 4.79 Å². The fourth-order valence-corrected chi connectivity index (χ4v) is 1.31. The minimum Gasteiger partial charge on any atom is -0.475 e. The summed E-state index contributed by atoms with van der Waals surface area (Å²) in [6, 6.07) is 2.75. The van der Waals surface area contributed by atoms with Gasteiger partial charge in [-0.15, -0.1) is 0 Å². The first-order valence-electron chi connectivity index (χ1n) is 4.68. The van der Waals surface area contributed by atoms with E-state index in [1.807, 2.05) is 0 Å². The molecule has 0 aliphatic heterocycles. The van der Waals surface area contributed by atoms with Crippen molar-refractivity contribution < 1.29 is 19.4 Å². The molecule has 1 rings (SSSR count). The lowest BCUT2D eigenvalue weighted by Gasteiger charge is -2.28. The Bertz CT molecular complexity index is 358. The van der Waals surface area contributed by atoms with Crippen molar-refractivity contribution >= 4 is 5.97 Å². The van der Waals surface area contributed by atoms with Crippen molar-refractivity contribution in [3.05, 3.63) is 23.7 Å². The summed E-state index contributed by atoms with van der Waals surface area (Å²) in [6.07, 6.45) is 0. The highest BCUT2D eigenvalue weighted by Gasteiger charge is 2.35. The van der Waals surface area contributed by atoms with Crippen LogP contribution in [0.25, 0.3) is 0 Å². The van der Waals surface area contributed by atoms with Crippen molar-refractivity contribution in [1.82, 2.24) is 0 Å². The van der Waals surface area contributed by atoms with Gasteiger partial charge in [-0.2, -0.15) is 0 Å². The van der Waals surface area contributed by atoms with E-state index in [9.17, 15) is 9.90 Å². The predicted octanol–water partition coefficient (Wildman–Crippen LogP) is 0.780. The molecule has 0 bridgehead atoms. The molecule has 1 heterocycles. The van der Waals surface area contributed by atoms with E-state index in [0.29, 0.717) is 0 Å². The fourth-order valence-electron chi connectivity index (χ4n) is 1.31. The molecule has 5 nitrogen and oxygen atoms in total. The molecule has 1 aromatic rings. The van der Waals surface area contributed by atoms with E-state index in [1.165, 1.54) is 12.1 Å². The number of furan rings is 1. The van der Waals surface area contributed by atoms with Gasteiger partial charge >= 0.3 is 5.97 Å². The molecule has 15 heavy (non-hydrogen) atoms. The molecule has 0 saturated carbocycles. The summed E-state index contributed by atoms with van der Waals surface area (Å²) in [5.41, 5.74) is 4.16. The van der Waals surface area contributed by atoms with Crippen molar-refractivity contribution in [2.75, 3.05) is 6.54 Å². The molecule has 0 spiro atoms. The molecule has 0 radical (unpaired) electrons. The second-order valence-electron chi connectivity index (χ2n) is 3.75. The second-order valence-corrected chi connectivity index (χ2v) is 3.75. The van der Waals surface area contributed by atoms with Crippen molar-refractivity contribution in [2.45, 2.75) is 19.4 Å². The van der Waals surface area contributed by atoms with E-state index >= 15 is 0 Å². The molecule has 84 valence electrons. The normalized spacial score (nSPS) is 15.3. The molecular weight excluding hydrogens is 198 g/mol. The summed E-state index contributed by atoms with van der Waals surface area (Å²) in [5, 5.41) is 18.8. The largest absolute Gasteiger partial charge is 0.475 e. The summed E-state index contributed by atoms with van der Waals surface area (Å²) in [5.74, 6) is -1.32. The third-order valence-electron chi connectivity index (χ3n) is 2.51. The molecule has 0 aliphatic rings. The van der Waals surface area contributed by atoms with Crippen LogP contribution in [0.1, 0.15) is 30.2 Å². The maximum absolute atomic E-state index is 10.6. The third-order valence-corrected chi connectivity index (χ3v) is 2.51. The lowest BCUT2D eigenvalue weighted by Crippen LogP contribution is -2.39. The van der Waals surface area contributed by atoms with Gasteiger partial charge in [-0.1, -0.05) is 13.8 Å². The van der Waals surface area contributed by atoms with Gasteiger partial charge in [-0.3, -0.25) is 0 Å². The number of aromatic carboxylic acids is 1. The molecule has 1 aromatic heterocycles. The lowest BCUT2D eigenvalue weighted by molar-refractivity contribution is -0.0216. The van der Waals surface area contributed by atoms with Gasteiger partial charge in [0.05, 0.1) is 0 Å². The number of hydrogen-bond donors (Lipinski definition) is 3. The summed E-state index contributed by atoms with van der Waals surface area (Å²) in [6.45, 7) is 3.56. The molecule has 4 N–H and O–H groups in total. The van der Waals surface area contributed by atoms with Gasteiger partial charge in [0.25, 0.3) is 0 Å². The molecule has 0 saturated heterocycles. The van der Waals surface area contributed by atoms with E-state index in [2.05, 4.69) is 0 Å². The van der Waals surface area contributed by atoms with Crippen LogP contribution < -0.4 is 5.73 Å². The van der Waals surface area contributed by atoms with Crippen molar-refractivity contribution in [3.63, 3.8) is 0 Å². The van der Waals surface area contributed by atoms with Crippen molar-refractivity contribution in [1.29, 1.82) is 0 Å². The zero-order chi connectivity index (χ0) is 11.6. The Morgan fingerprint density at radius 1 is 1.60 bits per heavy atom. The van der Waals surface area contributed by atoms with Crippen LogP contribution in [-0.2, 0) is 5.60 Å². The molecule has 1 unspecified atom stereocenters. The van der Waals surface area contributed by atoms with Crippen molar-refractivity contribution in [3.8, 4) is 0 Å². The Morgan fingerprint density at radius 3 is 2.53 bits per heavy atom. The van der Waals surface area contributed by atoms with Crippen LogP contribution >= 0.6 is 0 Å².